The highest BCUT2D eigenvalue weighted by Crippen LogP contribution is 2.32. The third-order valence-electron chi connectivity index (χ3n) is 4.87. The summed E-state index contributed by atoms with van der Waals surface area (Å²) >= 11 is 0. The number of hydrogen-bond acceptors (Lipinski definition) is 3. The summed E-state index contributed by atoms with van der Waals surface area (Å²) in [6.07, 6.45) is 8.44. The average molecular weight is 369 g/mol. The minimum atomic E-state index is -0.428. The number of aromatic hydroxyl groups is 1. The van der Waals surface area contributed by atoms with E-state index in [1.807, 2.05) is 36.4 Å². The number of phenols is 1. The van der Waals surface area contributed by atoms with Crippen LogP contribution in [-0.2, 0) is 4.74 Å². The summed E-state index contributed by atoms with van der Waals surface area (Å²) in [6.45, 7) is 4.34. The summed E-state index contributed by atoms with van der Waals surface area (Å²) in [7, 11) is 0. The number of ether oxygens (including phenoxy) is 1. The first-order valence-electron chi connectivity index (χ1n) is 10.3. The zero-order chi connectivity index (χ0) is 19.5. The molecule has 0 saturated heterocycles. The zero-order valence-electron chi connectivity index (χ0n) is 16.6. The number of benzene rings is 2. The van der Waals surface area contributed by atoms with E-state index in [0.29, 0.717) is 5.56 Å². The predicted octanol–water partition coefficient (Wildman–Crippen LogP) is 6.75. The number of carbonyl (C=O) groups excluding carboxylic acids is 1. The number of para-hydroxylation sites is 1. The lowest BCUT2D eigenvalue weighted by Gasteiger charge is -2.19. The second-order valence-corrected chi connectivity index (χ2v) is 7.09. The quantitative estimate of drug-likeness (QED) is 0.353. The monoisotopic (exact) mass is 368 g/mol. The van der Waals surface area contributed by atoms with Gasteiger partial charge in [0.05, 0.1) is 0 Å². The molecule has 146 valence electrons. The fraction of sp³-hybridized carbons (Fsp3) is 0.458. The largest absolute Gasteiger partial charge is 0.506 e. The van der Waals surface area contributed by atoms with Crippen LogP contribution in [0, 0.1) is 0 Å². The predicted molar refractivity (Wildman–Crippen MR) is 111 cm³/mol. The summed E-state index contributed by atoms with van der Waals surface area (Å²) in [5.41, 5.74) is 1.78. The minimum absolute atomic E-state index is 0.00503. The maximum absolute atomic E-state index is 12.7. The van der Waals surface area contributed by atoms with E-state index in [9.17, 15) is 9.90 Å². The highest BCUT2D eigenvalue weighted by Gasteiger charge is 2.20. The minimum Gasteiger partial charge on any atom is -0.506 e. The van der Waals surface area contributed by atoms with Crippen LogP contribution in [0.25, 0.3) is 11.1 Å². The third kappa shape index (κ3) is 6.42. The van der Waals surface area contributed by atoms with Crippen molar-refractivity contribution in [2.45, 2.75) is 71.3 Å². The molecule has 2 aromatic carbocycles. The molecule has 3 nitrogen and oxygen atoms in total. The third-order valence-corrected chi connectivity index (χ3v) is 4.87. The summed E-state index contributed by atoms with van der Waals surface area (Å²) in [4.78, 5) is 12.7. The molecule has 0 aliphatic heterocycles. The lowest BCUT2D eigenvalue weighted by atomic mass is 10.0. The molecule has 0 heterocycles. The second kappa shape index (κ2) is 11.4. The van der Waals surface area contributed by atoms with Gasteiger partial charge in [-0.1, -0.05) is 82.0 Å². The van der Waals surface area contributed by atoms with Crippen LogP contribution in [-0.4, -0.2) is 17.2 Å². The Balaban J connectivity index is 2.12. The molecule has 0 spiro atoms. The molecule has 0 aliphatic carbocycles. The Kier molecular flexibility index (Phi) is 8.90. The molecule has 0 atom stereocenters. The van der Waals surface area contributed by atoms with E-state index in [-0.39, 0.29) is 17.4 Å². The number of hydrogen-bond donors (Lipinski definition) is 1. The smallest absolute Gasteiger partial charge is 0.342 e. The van der Waals surface area contributed by atoms with Crippen LogP contribution in [0.2, 0.25) is 0 Å². The van der Waals surface area contributed by atoms with Crippen molar-refractivity contribution in [1.82, 2.24) is 0 Å². The van der Waals surface area contributed by atoms with Gasteiger partial charge in [0, 0.05) is 5.56 Å². The number of unbranched alkanes of at least 4 members (excludes halogenated alkanes) is 4. The molecule has 27 heavy (non-hydrogen) atoms. The highest BCUT2D eigenvalue weighted by atomic mass is 16.5. The van der Waals surface area contributed by atoms with Gasteiger partial charge in [0.15, 0.2) is 0 Å². The van der Waals surface area contributed by atoms with Gasteiger partial charge in [-0.2, -0.15) is 0 Å². The molecule has 0 bridgehead atoms. The molecular formula is C24H32O3. The van der Waals surface area contributed by atoms with Gasteiger partial charge in [-0.15, -0.1) is 0 Å². The van der Waals surface area contributed by atoms with Gasteiger partial charge >= 0.3 is 5.97 Å². The van der Waals surface area contributed by atoms with Crippen LogP contribution in [0.1, 0.15) is 75.6 Å². The van der Waals surface area contributed by atoms with Crippen molar-refractivity contribution < 1.29 is 14.6 Å². The maximum Gasteiger partial charge on any atom is 0.342 e. The summed E-state index contributed by atoms with van der Waals surface area (Å²) in [5.74, 6) is -0.433. The van der Waals surface area contributed by atoms with Crippen molar-refractivity contribution >= 4 is 5.97 Å². The molecule has 0 aromatic heterocycles. The van der Waals surface area contributed by atoms with Crippen LogP contribution in [0.15, 0.2) is 48.5 Å². The van der Waals surface area contributed by atoms with E-state index in [1.165, 1.54) is 0 Å². The fourth-order valence-electron chi connectivity index (χ4n) is 3.28. The Morgan fingerprint density at radius 3 is 2.11 bits per heavy atom. The van der Waals surface area contributed by atoms with Crippen molar-refractivity contribution in [1.29, 1.82) is 0 Å². The molecule has 2 rings (SSSR count). The van der Waals surface area contributed by atoms with Gasteiger partial charge in [0.2, 0.25) is 0 Å². The number of rotatable bonds is 11. The highest BCUT2D eigenvalue weighted by molar-refractivity contribution is 5.95. The van der Waals surface area contributed by atoms with Gasteiger partial charge in [-0.3, -0.25) is 0 Å². The second-order valence-electron chi connectivity index (χ2n) is 7.09. The lowest BCUT2D eigenvalue weighted by Crippen LogP contribution is -2.19. The molecule has 3 heteroatoms. The van der Waals surface area contributed by atoms with Gasteiger partial charge in [0.25, 0.3) is 0 Å². The summed E-state index contributed by atoms with van der Waals surface area (Å²) < 4.78 is 5.80. The van der Waals surface area contributed by atoms with E-state index in [2.05, 4.69) is 13.8 Å². The van der Waals surface area contributed by atoms with Crippen LogP contribution < -0.4 is 0 Å². The van der Waals surface area contributed by atoms with Gasteiger partial charge < -0.3 is 9.84 Å². The SMILES string of the molecule is CCCCCC(CCCCC)OC(=O)c1cccc(-c2ccccc2)c1O. The van der Waals surface area contributed by atoms with Crippen molar-refractivity contribution in [3.05, 3.63) is 54.1 Å². The molecule has 1 N–H and O–H groups in total. The van der Waals surface area contributed by atoms with E-state index in [0.717, 1.165) is 56.9 Å². The maximum atomic E-state index is 12.7. The summed E-state index contributed by atoms with van der Waals surface area (Å²) in [6, 6.07) is 14.8. The fourth-order valence-corrected chi connectivity index (χ4v) is 3.28. The molecule has 0 fully saturated rings. The Morgan fingerprint density at radius 2 is 1.52 bits per heavy atom. The Hall–Kier alpha value is -2.29. The molecule has 0 saturated carbocycles. The molecule has 2 aromatic rings. The zero-order valence-corrected chi connectivity index (χ0v) is 16.6. The van der Waals surface area contributed by atoms with Crippen LogP contribution in [0.4, 0.5) is 0 Å². The van der Waals surface area contributed by atoms with Gasteiger partial charge in [-0.05, 0) is 37.3 Å². The summed E-state index contributed by atoms with van der Waals surface area (Å²) in [5, 5.41) is 10.7. The molecule has 0 unspecified atom stereocenters. The van der Waals surface area contributed by atoms with Gasteiger partial charge in [-0.25, -0.2) is 4.79 Å². The Bertz CT molecular complexity index is 684. The van der Waals surface area contributed by atoms with E-state index in [1.54, 1.807) is 12.1 Å². The van der Waals surface area contributed by atoms with E-state index < -0.39 is 5.97 Å². The van der Waals surface area contributed by atoms with Crippen molar-refractivity contribution in [3.63, 3.8) is 0 Å². The topological polar surface area (TPSA) is 46.5 Å². The van der Waals surface area contributed by atoms with Gasteiger partial charge in [0.1, 0.15) is 17.4 Å². The normalized spacial score (nSPS) is 10.9. The number of phenolic OH excluding ortho intramolecular Hbond substituents is 1. The molecule has 0 aliphatic rings. The van der Waals surface area contributed by atoms with E-state index >= 15 is 0 Å². The average Bonchev–Trinajstić information content (AvgIpc) is 2.69. The van der Waals surface area contributed by atoms with Crippen molar-refractivity contribution in [2.24, 2.45) is 0 Å². The lowest BCUT2D eigenvalue weighted by molar-refractivity contribution is 0.0246. The number of esters is 1. The molecule has 0 radical (unpaired) electrons. The first-order valence-corrected chi connectivity index (χ1v) is 10.3. The van der Waals surface area contributed by atoms with E-state index in [4.69, 9.17) is 4.74 Å². The first kappa shape index (κ1) is 21.0. The first-order chi connectivity index (χ1) is 13.2. The van der Waals surface area contributed by atoms with Crippen LogP contribution in [0.3, 0.4) is 0 Å². The Labute approximate surface area is 163 Å². The molecule has 0 amide bonds. The molecular weight excluding hydrogens is 336 g/mol. The van der Waals surface area contributed by atoms with Crippen LogP contribution in [0.5, 0.6) is 5.75 Å². The Morgan fingerprint density at radius 1 is 0.889 bits per heavy atom. The number of carbonyl (C=O) groups is 1. The van der Waals surface area contributed by atoms with Crippen LogP contribution >= 0.6 is 0 Å². The van der Waals surface area contributed by atoms with Crippen molar-refractivity contribution in [3.8, 4) is 16.9 Å². The standard InChI is InChI=1S/C24H32O3/c1-3-5-8-15-20(16-9-6-4-2)27-24(26)22-18-12-17-21(23(22)25)19-13-10-7-11-14-19/h7,10-14,17-18,20,25H,3-6,8-9,15-16H2,1-2H3. The van der Waals surface area contributed by atoms with Crippen molar-refractivity contribution in [2.75, 3.05) is 0 Å².